The first-order chi connectivity index (χ1) is 13.3. The highest BCUT2D eigenvalue weighted by molar-refractivity contribution is 6.33. The van der Waals surface area contributed by atoms with Crippen LogP contribution in [0.4, 0.5) is 11.4 Å². The maximum Gasteiger partial charge on any atom is 0.241 e. The molecule has 0 fully saturated rings. The van der Waals surface area contributed by atoms with Gasteiger partial charge in [-0.3, -0.25) is 14.5 Å². The third-order valence-corrected chi connectivity index (χ3v) is 5.27. The second-order valence-corrected chi connectivity index (χ2v) is 7.41. The van der Waals surface area contributed by atoms with Gasteiger partial charge in [0.2, 0.25) is 11.8 Å². The molecular formula is C22H28ClN3O2. The number of halogens is 1. The maximum atomic E-state index is 12.7. The summed E-state index contributed by atoms with van der Waals surface area (Å²) in [6, 6.07) is 14.4. The first kappa shape index (κ1) is 21.9. The lowest BCUT2D eigenvalue weighted by molar-refractivity contribution is -0.122. The quantitative estimate of drug-likeness (QED) is 0.670. The van der Waals surface area contributed by atoms with Gasteiger partial charge in [0.05, 0.1) is 23.3 Å². The lowest BCUT2D eigenvalue weighted by atomic mass is 9.97. The molecule has 0 radical (unpaired) electrons. The summed E-state index contributed by atoms with van der Waals surface area (Å²) in [4.78, 5) is 26.7. The highest BCUT2D eigenvalue weighted by Gasteiger charge is 2.21. The van der Waals surface area contributed by atoms with E-state index in [0.717, 1.165) is 17.7 Å². The molecule has 0 aliphatic heterocycles. The number of amides is 2. The number of carbonyl (C=O) groups is 2. The molecule has 2 N–H and O–H groups in total. The van der Waals surface area contributed by atoms with Gasteiger partial charge in [0, 0.05) is 5.69 Å². The molecule has 2 aromatic carbocycles. The summed E-state index contributed by atoms with van der Waals surface area (Å²) in [5.41, 5.74) is 2.49. The van der Waals surface area contributed by atoms with Crippen molar-refractivity contribution in [3.63, 3.8) is 0 Å². The Morgan fingerprint density at radius 1 is 1.00 bits per heavy atom. The van der Waals surface area contributed by atoms with Gasteiger partial charge < -0.3 is 10.6 Å². The molecule has 6 heteroatoms. The molecule has 0 aliphatic carbocycles. The van der Waals surface area contributed by atoms with Gasteiger partial charge >= 0.3 is 0 Å². The molecule has 0 spiro atoms. The second kappa shape index (κ2) is 10.2. The topological polar surface area (TPSA) is 61.4 Å². The third kappa shape index (κ3) is 5.81. The van der Waals surface area contributed by atoms with Crippen LogP contribution in [0.2, 0.25) is 5.02 Å². The van der Waals surface area contributed by atoms with Crippen LogP contribution >= 0.6 is 11.6 Å². The number of hydrogen-bond acceptors (Lipinski definition) is 3. The number of para-hydroxylation sites is 2. The predicted molar refractivity (Wildman–Crippen MR) is 116 cm³/mol. The zero-order chi connectivity index (χ0) is 20.7. The average Bonchev–Trinajstić information content (AvgIpc) is 2.68. The number of anilines is 2. The van der Waals surface area contributed by atoms with Crippen molar-refractivity contribution in [1.82, 2.24) is 4.90 Å². The Morgan fingerprint density at radius 2 is 1.61 bits per heavy atom. The molecule has 2 atom stereocenters. The van der Waals surface area contributed by atoms with Gasteiger partial charge in [-0.15, -0.1) is 0 Å². The Hall–Kier alpha value is -2.37. The number of benzene rings is 2. The first-order valence-corrected chi connectivity index (χ1v) is 9.85. The molecule has 0 aromatic heterocycles. The van der Waals surface area contributed by atoms with Gasteiger partial charge in [-0.1, -0.05) is 55.8 Å². The molecule has 2 aromatic rings. The summed E-state index contributed by atoms with van der Waals surface area (Å²) in [7, 11) is 1.75. The maximum absolute atomic E-state index is 12.7. The van der Waals surface area contributed by atoms with E-state index in [2.05, 4.69) is 24.5 Å². The van der Waals surface area contributed by atoms with E-state index in [9.17, 15) is 9.59 Å². The zero-order valence-corrected chi connectivity index (χ0v) is 17.6. The Bertz CT molecular complexity index is 825. The molecule has 0 aliphatic rings. The summed E-state index contributed by atoms with van der Waals surface area (Å²) in [5, 5.41) is 6.25. The minimum Gasteiger partial charge on any atom is -0.324 e. The largest absolute Gasteiger partial charge is 0.324 e. The number of likely N-dealkylation sites (N-methyl/N-ethyl adjacent to an activating group) is 1. The first-order valence-electron chi connectivity index (χ1n) is 9.47. The average molecular weight is 402 g/mol. The van der Waals surface area contributed by atoms with Crippen LogP contribution in [0, 0.1) is 0 Å². The molecule has 0 saturated carbocycles. The number of carbonyl (C=O) groups excluding carboxylic acids is 2. The smallest absolute Gasteiger partial charge is 0.241 e. The molecule has 2 rings (SSSR count). The number of nitrogens with zero attached hydrogens (tertiary/aromatic N) is 1. The Kier molecular flexibility index (Phi) is 8.03. The molecule has 2 amide bonds. The van der Waals surface area contributed by atoms with Gasteiger partial charge in [-0.05, 0) is 50.1 Å². The van der Waals surface area contributed by atoms with Gasteiger partial charge in [0.15, 0.2) is 0 Å². The van der Waals surface area contributed by atoms with Crippen molar-refractivity contribution >= 4 is 34.8 Å². The molecule has 5 nitrogen and oxygen atoms in total. The summed E-state index contributed by atoms with van der Waals surface area (Å²) in [6.07, 6.45) is 0.991. The fourth-order valence-electron chi connectivity index (χ4n) is 2.81. The van der Waals surface area contributed by atoms with E-state index >= 15 is 0 Å². The van der Waals surface area contributed by atoms with Crippen LogP contribution in [0.5, 0.6) is 0 Å². The lowest BCUT2D eigenvalue weighted by Gasteiger charge is -2.24. The van der Waals surface area contributed by atoms with Crippen molar-refractivity contribution in [3.05, 3.63) is 59.1 Å². The summed E-state index contributed by atoms with van der Waals surface area (Å²) < 4.78 is 0. The fourth-order valence-corrected chi connectivity index (χ4v) is 3.00. The monoisotopic (exact) mass is 401 g/mol. The Balaban J connectivity index is 1.97. The van der Waals surface area contributed by atoms with Crippen LogP contribution in [0.15, 0.2) is 48.5 Å². The normalized spacial score (nSPS) is 13.1. The summed E-state index contributed by atoms with van der Waals surface area (Å²) >= 11 is 6.07. The van der Waals surface area contributed by atoms with Crippen LogP contribution in [0.25, 0.3) is 0 Å². The van der Waals surface area contributed by atoms with Crippen LogP contribution in [0.1, 0.15) is 38.7 Å². The van der Waals surface area contributed by atoms with E-state index in [1.807, 2.05) is 24.3 Å². The van der Waals surface area contributed by atoms with Crippen molar-refractivity contribution < 1.29 is 9.59 Å². The molecular weight excluding hydrogens is 374 g/mol. The van der Waals surface area contributed by atoms with Crippen molar-refractivity contribution in [2.45, 2.75) is 39.2 Å². The van der Waals surface area contributed by atoms with Gasteiger partial charge in [0.25, 0.3) is 0 Å². The molecule has 28 heavy (non-hydrogen) atoms. The summed E-state index contributed by atoms with van der Waals surface area (Å²) in [5.74, 6) is -0.0232. The summed E-state index contributed by atoms with van der Waals surface area (Å²) in [6.45, 7) is 6.12. The molecule has 0 bridgehead atoms. The highest BCUT2D eigenvalue weighted by atomic mass is 35.5. The predicted octanol–water partition coefficient (Wildman–Crippen LogP) is 4.75. The minimum absolute atomic E-state index is 0.0762. The highest BCUT2D eigenvalue weighted by Crippen LogP contribution is 2.26. The SMILES string of the molecule is CCC(C)c1ccccc1NC(=O)C(C)N(C)CC(=O)Nc1ccccc1Cl. The van der Waals surface area contributed by atoms with Gasteiger partial charge in [-0.25, -0.2) is 0 Å². The molecule has 150 valence electrons. The van der Waals surface area contributed by atoms with Crippen molar-refractivity contribution in [1.29, 1.82) is 0 Å². The molecule has 0 saturated heterocycles. The van der Waals surface area contributed by atoms with E-state index in [-0.39, 0.29) is 18.4 Å². The van der Waals surface area contributed by atoms with Crippen LogP contribution < -0.4 is 10.6 Å². The van der Waals surface area contributed by atoms with E-state index in [1.165, 1.54) is 0 Å². The zero-order valence-electron chi connectivity index (χ0n) is 16.8. The van der Waals surface area contributed by atoms with Crippen LogP contribution in [0.3, 0.4) is 0 Å². The van der Waals surface area contributed by atoms with Crippen LogP contribution in [-0.4, -0.2) is 36.3 Å². The van der Waals surface area contributed by atoms with E-state index in [0.29, 0.717) is 16.6 Å². The van der Waals surface area contributed by atoms with Gasteiger partial charge in [0.1, 0.15) is 0 Å². The van der Waals surface area contributed by atoms with E-state index in [1.54, 1.807) is 43.1 Å². The standard InChI is InChI=1S/C22H28ClN3O2/c1-5-15(2)17-10-6-8-12-19(17)25-22(28)16(3)26(4)14-21(27)24-20-13-9-7-11-18(20)23/h6-13,15-16H,5,14H2,1-4H3,(H,24,27)(H,25,28). The van der Waals surface area contributed by atoms with Crippen LogP contribution in [-0.2, 0) is 9.59 Å². The van der Waals surface area contributed by atoms with E-state index < -0.39 is 6.04 Å². The fraction of sp³-hybridized carbons (Fsp3) is 0.364. The molecule has 0 heterocycles. The van der Waals surface area contributed by atoms with Gasteiger partial charge in [-0.2, -0.15) is 0 Å². The minimum atomic E-state index is -0.470. The Labute approximate surface area is 172 Å². The third-order valence-electron chi connectivity index (χ3n) is 4.94. The number of rotatable bonds is 8. The lowest BCUT2D eigenvalue weighted by Crippen LogP contribution is -2.43. The number of nitrogens with one attached hydrogen (secondary N) is 2. The van der Waals surface area contributed by atoms with Crippen molar-refractivity contribution in [2.75, 3.05) is 24.2 Å². The second-order valence-electron chi connectivity index (χ2n) is 7.00. The Morgan fingerprint density at radius 3 is 2.25 bits per heavy atom. The van der Waals surface area contributed by atoms with Crippen molar-refractivity contribution in [3.8, 4) is 0 Å². The molecule has 2 unspecified atom stereocenters. The van der Waals surface area contributed by atoms with Crippen molar-refractivity contribution in [2.24, 2.45) is 0 Å². The number of hydrogen-bond donors (Lipinski definition) is 2. The van der Waals surface area contributed by atoms with E-state index in [4.69, 9.17) is 11.6 Å².